The van der Waals surface area contributed by atoms with E-state index in [1.807, 2.05) is 26.2 Å². The van der Waals surface area contributed by atoms with E-state index in [9.17, 15) is 0 Å². The standard InChI is InChI=1S/C28H30N8/c1-6-29-27-32-26-20(2)12-11-15-25(26)35(27)18-9-10-19-36-24-14-8-7-13-23(24)33(4)28(36)31-21(3)22-16-17-30-34(22)5/h6-17H,1,3,18-19H2,2,4-5H3,(H,29,32)/b10-9+,31-28?. The number of rotatable bonds is 8. The van der Waals surface area contributed by atoms with Crippen molar-refractivity contribution >= 4 is 33.7 Å². The van der Waals surface area contributed by atoms with Crippen LogP contribution in [-0.4, -0.2) is 28.5 Å². The third kappa shape index (κ3) is 4.07. The molecule has 8 nitrogen and oxygen atoms in total. The molecule has 0 saturated carbocycles. The van der Waals surface area contributed by atoms with Crippen molar-refractivity contribution in [1.29, 1.82) is 0 Å². The number of para-hydroxylation sites is 3. The van der Waals surface area contributed by atoms with Gasteiger partial charge in [-0.2, -0.15) is 5.10 Å². The van der Waals surface area contributed by atoms with Crippen LogP contribution in [0.4, 0.5) is 5.95 Å². The van der Waals surface area contributed by atoms with Crippen molar-refractivity contribution in [3.8, 4) is 0 Å². The Morgan fingerprint density at radius 3 is 2.42 bits per heavy atom. The lowest BCUT2D eigenvalue weighted by molar-refractivity contribution is 0.716. The Hall–Kier alpha value is -4.59. The molecule has 3 aromatic heterocycles. The molecular weight excluding hydrogens is 448 g/mol. The molecule has 0 aliphatic rings. The maximum absolute atomic E-state index is 4.92. The lowest BCUT2D eigenvalue weighted by Crippen LogP contribution is -2.24. The number of nitrogens with zero attached hydrogens (tertiary/aromatic N) is 7. The summed E-state index contributed by atoms with van der Waals surface area (Å²) in [6.45, 7) is 11.4. The zero-order chi connectivity index (χ0) is 25.2. The molecule has 0 radical (unpaired) electrons. The summed E-state index contributed by atoms with van der Waals surface area (Å²) in [4.78, 5) is 9.68. The predicted octanol–water partition coefficient (Wildman–Crippen LogP) is 4.75. The highest BCUT2D eigenvalue weighted by molar-refractivity contribution is 5.82. The molecule has 3 heterocycles. The molecule has 5 rings (SSSR count). The van der Waals surface area contributed by atoms with Crippen molar-refractivity contribution in [1.82, 2.24) is 28.5 Å². The van der Waals surface area contributed by atoms with Gasteiger partial charge in [-0.05, 0) is 43.0 Å². The minimum Gasteiger partial charge on any atom is -0.333 e. The number of aromatic nitrogens is 6. The van der Waals surface area contributed by atoms with Crippen molar-refractivity contribution in [3.63, 3.8) is 0 Å². The largest absolute Gasteiger partial charge is 0.333 e. The van der Waals surface area contributed by atoms with Gasteiger partial charge in [0.2, 0.25) is 11.6 Å². The first-order valence-electron chi connectivity index (χ1n) is 11.8. The van der Waals surface area contributed by atoms with E-state index in [4.69, 9.17) is 9.98 Å². The molecule has 5 aromatic rings. The highest BCUT2D eigenvalue weighted by atomic mass is 15.3. The average Bonchev–Trinajstić information content (AvgIpc) is 3.53. The third-order valence-corrected chi connectivity index (χ3v) is 6.38. The first kappa shape index (κ1) is 23.2. The first-order valence-corrected chi connectivity index (χ1v) is 11.8. The van der Waals surface area contributed by atoms with Crippen LogP contribution in [-0.2, 0) is 27.2 Å². The fraction of sp³-hybridized carbons (Fsp3) is 0.179. The lowest BCUT2D eigenvalue weighted by Gasteiger charge is -2.06. The normalized spacial score (nSPS) is 12.2. The van der Waals surface area contributed by atoms with Crippen LogP contribution in [0.1, 0.15) is 11.3 Å². The summed E-state index contributed by atoms with van der Waals surface area (Å²) in [5.74, 6) is 0.778. The molecule has 0 fully saturated rings. The fourth-order valence-electron chi connectivity index (χ4n) is 4.56. The third-order valence-electron chi connectivity index (χ3n) is 6.38. The van der Waals surface area contributed by atoms with Gasteiger partial charge < -0.3 is 19.0 Å². The van der Waals surface area contributed by atoms with Crippen molar-refractivity contribution < 1.29 is 0 Å². The van der Waals surface area contributed by atoms with Crippen LogP contribution in [0.25, 0.3) is 27.8 Å². The van der Waals surface area contributed by atoms with Gasteiger partial charge in [0, 0.05) is 33.4 Å². The molecule has 0 amide bonds. The molecule has 0 aliphatic heterocycles. The van der Waals surface area contributed by atoms with E-state index in [1.165, 1.54) is 0 Å². The SMILES string of the molecule is C=CNc1nc2c(C)cccc2n1C/C=C/Cn1c(=NC(=C)c2ccnn2C)n(C)c2ccccc21. The van der Waals surface area contributed by atoms with E-state index in [1.54, 1.807) is 17.1 Å². The Kier molecular flexibility index (Phi) is 6.16. The summed E-state index contributed by atoms with van der Waals surface area (Å²) in [5, 5.41) is 7.42. The number of nitrogens with one attached hydrogen (secondary N) is 1. The molecular formula is C28H30N8. The first-order chi connectivity index (χ1) is 17.5. The quantitative estimate of drug-likeness (QED) is 0.327. The number of fused-ring (bicyclic) bond motifs is 2. The minimum atomic E-state index is 0.661. The van der Waals surface area contributed by atoms with E-state index in [0.717, 1.165) is 44.9 Å². The molecule has 8 heteroatoms. The van der Waals surface area contributed by atoms with Crippen molar-refractivity contribution in [2.24, 2.45) is 19.1 Å². The lowest BCUT2D eigenvalue weighted by atomic mass is 10.2. The van der Waals surface area contributed by atoms with Crippen LogP contribution < -0.4 is 10.9 Å². The molecule has 1 N–H and O–H groups in total. The van der Waals surface area contributed by atoms with E-state index in [0.29, 0.717) is 18.8 Å². The van der Waals surface area contributed by atoms with Crippen molar-refractivity contribution in [3.05, 3.63) is 103 Å². The predicted molar refractivity (Wildman–Crippen MR) is 146 cm³/mol. The number of imidazole rings is 2. The molecule has 0 atom stereocenters. The van der Waals surface area contributed by atoms with E-state index < -0.39 is 0 Å². The van der Waals surface area contributed by atoms with Gasteiger partial charge in [-0.3, -0.25) is 4.68 Å². The smallest absolute Gasteiger partial charge is 0.211 e. The number of benzene rings is 2. The Labute approximate surface area is 209 Å². The summed E-state index contributed by atoms with van der Waals surface area (Å²) in [7, 11) is 3.93. The Bertz CT molecular complexity index is 1690. The van der Waals surface area contributed by atoms with E-state index >= 15 is 0 Å². The maximum Gasteiger partial charge on any atom is 0.211 e. The number of aryl methyl sites for hydroxylation is 3. The van der Waals surface area contributed by atoms with Gasteiger partial charge in [0.05, 0.1) is 33.5 Å². The van der Waals surface area contributed by atoms with Gasteiger partial charge in [0.15, 0.2) is 0 Å². The summed E-state index contributed by atoms with van der Waals surface area (Å²) in [6, 6.07) is 16.5. The summed E-state index contributed by atoms with van der Waals surface area (Å²) < 4.78 is 8.24. The van der Waals surface area contributed by atoms with Crippen LogP contribution in [0.15, 0.2) is 91.2 Å². The van der Waals surface area contributed by atoms with Crippen LogP contribution >= 0.6 is 0 Å². The summed E-state index contributed by atoms with van der Waals surface area (Å²) >= 11 is 0. The van der Waals surface area contributed by atoms with Crippen LogP contribution in [0, 0.1) is 6.92 Å². The van der Waals surface area contributed by atoms with Gasteiger partial charge in [0.1, 0.15) is 0 Å². The number of anilines is 1. The molecule has 0 saturated heterocycles. The van der Waals surface area contributed by atoms with Crippen LogP contribution in [0.2, 0.25) is 0 Å². The van der Waals surface area contributed by atoms with Gasteiger partial charge in [-0.15, -0.1) is 0 Å². The second kappa shape index (κ2) is 9.58. The molecule has 182 valence electrons. The Balaban J connectivity index is 1.50. The monoisotopic (exact) mass is 478 g/mol. The minimum absolute atomic E-state index is 0.661. The molecule has 0 bridgehead atoms. The highest BCUT2D eigenvalue weighted by Gasteiger charge is 2.12. The van der Waals surface area contributed by atoms with E-state index in [-0.39, 0.29) is 0 Å². The van der Waals surface area contributed by atoms with E-state index in [2.05, 4.69) is 92.7 Å². The summed E-state index contributed by atoms with van der Waals surface area (Å²) in [5.41, 5.74) is 7.82. The Morgan fingerprint density at radius 2 is 1.69 bits per heavy atom. The number of hydrogen-bond acceptors (Lipinski definition) is 4. The molecule has 36 heavy (non-hydrogen) atoms. The number of hydrogen-bond donors (Lipinski definition) is 1. The van der Waals surface area contributed by atoms with Gasteiger partial charge in [-0.25, -0.2) is 9.98 Å². The van der Waals surface area contributed by atoms with Crippen LogP contribution in [0.5, 0.6) is 0 Å². The Morgan fingerprint density at radius 1 is 0.972 bits per heavy atom. The highest BCUT2D eigenvalue weighted by Crippen LogP contribution is 2.23. The molecule has 2 aromatic carbocycles. The zero-order valence-electron chi connectivity index (χ0n) is 20.9. The second-order valence-corrected chi connectivity index (χ2v) is 8.67. The fourth-order valence-corrected chi connectivity index (χ4v) is 4.56. The van der Waals surface area contributed by atoms with Gasteiger partial charge in [-0.1, -0.05) is 49.6 Å². The molecule has 0 spiro atoms. The van der Waals surface area contributed by atoms with Gasteiger partial charge >= 0.3 is 0 Å². The maximum atomic E-state index is 4.92. The van der Waals surface area contributed by atoms with Crippen molar-refractivity contribution in [2.45, 2.75) is 20.0 Å². The van der Waals surface area contributed by atoms with Crippen molar-refractivity contribution in [2.75, 3.05) is 5.32 Å². The van der Waals surface area contributed by atoms with Gasteiger partial charge in [0.25, 0.3) is 0 Å². The number of allylic oxidation sites excluding steroid dienone is 2. The second-order valence-electron chi connectivity index (χ2n) is 8.67. The molecule has 0 aliphatic carbocycles. The summed E-state index contributed by atoms with van der Waals surface area (Å²) in [6.07, 6.45) is 7.74. The average molecular weight is 479 g/mol. The zero-order valence-corrected chi connectivity index (χ0v) is 20.9. The topological polar surface area (TPSA) is 69.9 Å². The van der Waals surface area contributed by atoms with Crippen LogP contribution in [0.3, 0.4) is 0 Å². The molecule has 0 unspecified atom stereocenters.